The Hall–Kier alpha value is -0.600. The molecule has 1 aromatic rings. The van der Waals surface area contributed by atoms with E-state index in [-0.39, 0.29) is 11.9 Å². The fourth-order valence-electron chi connectivity index (χ4n) is 1.79. The van der Waals surface area contributed by atoms with Crippen molar-refractivity contribution < 1.29 is 4.39 Å². The Morgan fingerprint density at radius 1 is 1.40 bits per heavy atom. The lowest BCUT2D eigenvalue weighted by Gasteiger charge is -2.14. The van der Waals surface area contributed by atoms with Gasteiger partial charge < -0.3 is 5.73 Å². The molecule has 3 heteroatoms. The molecule has 0 bridgehead atoms. The number of hydrogen-bond donors (Lipinski definition) is 1. The van der Waals surface area contributed by atoms with Gasteiger partial charge in [-0.25, -0.2) is 4.39 Å². The quantitative estimate of drug-likeness (QED) is 0.842. The zero-order chi connectivity index (χ0) is 11.4. The lowest BCUT2D eigenvalue weighted by atomic mass is 9.95. The van der Waals surface area contributed by atoms with Gasteiger partial charge in [-0.05, 0) is 49.4 Å². The van der Waals surface area contributed by atoms with Gasteiger partial charge in [-0.2, -0.15) is 0 Å². The number of rotatable bonds is 4. The van der Waals surface area contributed by atoms with E-state index in [2.05, 4.69) is 6.92 Å². The summed E-state index contributed by atoms with van der Waals surface area (Å²) in [6.07, 6.45) is 1.70. The van der Waals surface area contributed by atoms with E-state index in [1.165, 1.54) is 12.1 Å². The fourth-order valence-corrected chi connectivity index (χ4v) is 1.99. The third-order valence-corrected chi connectivity index (χ3v) is 2.72. The molecule has 0 radical (unpaired) electrons. The number of hydrogen-bond acceptors (Lipinski definition) is 1. The minimum Gasteiger partial charge on any atom is -0.328 e. The van der Waals surface area contributed by atoms with Crippen LogP contribution in [0.5, 0.6) is 0 Å². The monoisotopic (exact) mass is 229 g/mol. The summed E-state index contributed by atoms with van der Waals surface area (Å²) in [4.78, 5) is 0. The highest BCUT2D eigenvalue weighted by Gasteiger charge is 2.09. The van der Waals surface area contributed by atoms with Gasteiger partial charge in [0.25, 0.3) is 0 Å². The second kappa shape index (κ2) is 5.47. The van der Waals surface area contributed by atoms with Crippen molar-refractivity contribution in [2.45, 2.75) is 32.7 Å². The lowest BCUT2D eigenvalue weighted by molar-refractivity contribution is 0.479. The van der Waals surface area contributed by atoms with E-state index in [1.54, 1.807) is 6.07 Å². The molecule has 1 nitrogen and oxygen atoms in total. The maximum atomic E-state index is 13.0. The molecule has 2 atom stereocenters. The summed E-state index contributed by atoms with van der Waals surface area (Å²) in [5.74, 6) is 0.187. The summed E-state index contributed by atoms with van der Waals surface area (Å²) >= 11 is 5.98. The van der Waals surface area contributed by atoms with Crippen molar-refractivity contribution in [1.82, 2.24) is 0 Å². The predicted molar refractivity (Wildman–Crippen MR) is 62.5 cm³/mol. The van der Waals surface area contributed by atoms with Gasteiger partial charge in [-0.3, -0.25) is 0 Å². The highest BCUT2D eigenvalue weighted by molar-refractivity contribution is 6.31. The highest BCUT2D eigenvalue weighted by atomic mass is 35.5. The van der Waals surface area contributed by atoms with Crippen LogP contribution in [0.4, 0.5) is 4.39 Å². The summed E-state index contributed by atoms with van der Waals surface area (Å²) in [6.45, 7) is 4.08. The standard InChI is InChI=1S/C12H17ClFN/c1-8(5-9(2)15)6-10-7-11(14)3-4-12(10)13/h3-4,7-9H,5-6,15H2,1-2H3. The summed E-state index contributed by atoms with van der Waals surface area (Å²) in [5, 5.41) is 0.632. The first-order chi connectivity index (χ1) is 6.99. The average molecular weight is 230 g/mol. The maximum absolute atomic E-state index is 13.0. The van der Waals surface area contributed by atoms with Crippen molar-refractivity contribution in [1.29, 1.82) is 0 Å². The molecule has 0 heterocycles. The molecule has 0 aliphatic heterocycles. The molecule has 84 valence electrons. The molecule has 0 amide bonds. The van der Waals surface area contributed by atoms with Crippen molar-refractivity contribution >= 4 is 11.6 Å². The number of nitrogens with two attached hydrogens (primary N) is 1. The Kier molecular flexibility index (Phi) is 4.55. The van der Waals surface area contributed by atoms with Gasteiger partial charge in [0.2, 0.25) is 0 Å². The molecule has 0 fully saturated rings. The molecule has 2 unspecified atom stereocenters. The zero-order valence-electron chi connectivity index (χ0n) is 9.13. The van der Waals surface area contributed by atoms with Crippen molar-refractivity contribution in [2.24, 2.45) is 11.7 Å². The van der Waals surface area contributed by atoms with Crippen LogP contribution in [0, 0.1) is 11.7 Å². The van der Waals surface area contributed by atoms with Crippen LogP contribution in [-0.4, -0.2) is 6.04 Å². The third kappa shape index (κ3) is 4.18. The first kappa shape index (κ1) is 12.5. The molecule has 0 saturated heterocycles. The Balaban J connectivity index is 2.67. The Morgan fingerprint density at radius 3 is 2.67 bits per heavy atom. The van der Waals surface area contributed by atoms with Crippen LogP contribution < -0.4 is 5.73 Å². The molecule has 0 aliphatic carbocycles. The molecule has 2 N–H and O–H groups in total. The molecule has 0 saturated carbocycles. The second-order valence-corrected chi connectivity index (χ2v) is 4.67. The molecule has 0 aromatic heterocycles. The summed E-state index contributed by atoms with van der Waals surface area (Å²) in [7, 11) is 0. The van der Waals surface area contributed by atoms with Crippen LogP contribution in [0.3, 0.4) is 0 Å². The zero-order valence-corrected chi connectivity index (χ0v) is 9.89. The van der Waals surface area contributed by atoms with Crippen LogP contribution in [0.2, 0.25) is 5.02 Å². The van der Waals surface area contributed by atoms with E-state index in [0.29, 0.717) is 10.9 Å². The molecule has 1 rings (SSSR count). The number of halogens is 2. The molecular formula is C12H17ClFN. The van der Waals surface area contributed by atoms with Crippen molar-refractivity contribution in [3.05, 3.63) is 34.6 Å². The van der Waals surface area contributed by atoms with Crippen LogP contribution in [0.25, 0.3) is 0 Å². The normalized spacial score (nSPS) is 15.0. The van der Waals surface area contributed by atoms with E-state index < -0.39 is 0 Å². The van der Waals surface area contributed by atoms with Gasteiger partial charge in [0, 0.05) is 11.1 Å². The highest BCUT2D eigenvalue weighted by Crippen LogP contribution is 2.21. The van der Waals surface area contributed by atoms with Crippen molar-refractivity contribution in [3.63, 3.8) is 0 Å². The summed E-state index contributed by atoms with van der Waals surface area (Å²) < 4.78 is 13.0. The molecule has 15 heavy (non-hydrogen) atoms. The average Bonchev–Trinajstić information content (AvgIpc) is 2.10. The predicted octanol–water partition coefficient (Wildman–Crippen LogP) is 3.40. The van der Waals surface area contributed by atoms with Gasteiger partial charge in [0.05, 0.1) is 0 Å². The molecule has 0 spiro atoms. The van der Waals surface area contributed by atoms with E-state index >= 15 is 0 Å². The lowest BCUT2D eigenvalue weighted by Crippen LogP contribution is -2.19. The Morgan fingerprint density at radius 2 is 2.07 bits per heavy atom. The number of benzene rings is 1. The fraction of sp³-hybridized carbons (Fsp3) is 0.500. The first-order valence-electron chi connectivity index (χ1n) is 5.18. The SMILES string of the molecule is CC(N)CC(C)Cc1cc(F)ccc1Cl. The van der Waals surface area contributed by atoms with E-state index in [1.807, 2.05) is 6.92 Å². The van der Waals surface area contributed by atoms with E-state index in [4.69, 9.17) is 17.3 Å². The topological polar surface area (TPSA) is 26.0 Å². The molecule has 1 aromatic carbocycles. The van der Waals surface area contributed by atoms with Crippen LogP contribution in [0.15, 0.2) is 18.2 Å². The van der Waals surface area contributed by atoms with Crippen molar-refractivity contribution in [3.8, 4) is 0 Å². The van der Waals surface area contributed by atoms with E-state index in [9.17, 15) is 4.39 Å². The first-order valence-corrected chi connectivity index (χ1v) is 5.56. The summed E-state index contributed by atoms with van der Waals surface area (Å²) in [5.41, 5.74) is 6.57. The Labute approximate surface area is 95.4 Å². The maximum Gasteiger partial charge on any atom is 0.123 e. The Bertz CT molecular complexity index is 325. The van der Waals surface area contributed by atoms with Gasteiger partial charge in [-0.15, -0.1) is 0 Å². The molecule has 0 aliphatic rings. The van der Waals surface area contributed by atoms with E-state index in [0.717, 1.165) is 18.4 Å². The largest absolute Gasteiger partial charge is 0.328 e. The third-order valence-electron chi connectivity index (χ3n) is 2.35. The summed E-state index contributed by atoms with van der Waals surface area (Å²) in [6, 6.07) is 4.65. The van der Waals surface area contributed by atoms with Crippen LogP contribution in [0.1, 0.15) is 25.8 Å². The van der Waals surface area contributed by atoms with Gasteiger partial charge in [0.15, 0.2) is 0 Å². The van der Waals surface area contributed by atoms with Gasteiger partial charge in [-0.1, -0.05) is 18.5 Å². The second-order valence-electron chi connectivity index (χ2n) is 4.26. The van der Waals surface area contributed by atoms with Crippen LogP contribution in [-0.2, 0) is 6.42 Å². The van der Waals surface area contributed by atoms with Crippen molar-refractivity contribution in [2.75, 3.05) is 0 Å². The smallest absolute Gasteiger partial charge is 0.123 e. The minimum atomic E-state index is -0.234. The minimum absolute atomic E-state index is 0.173. The van der Waals surface area contributed by atoms with Crippen LogP contribution >= 0.6 is 11.6 Å². The molecular weight excluding hydrogens is 213 g/mol. The van der Waals surface area contributed by atoms with Gasteiger partial charge >= 0.3 is 0 Å². The van der Waals surface area contributed by atoms with Gasteiger partial charge in [0.1, 0.15) is 5.82 Å².